The molecule has 0 saturated heterocycles. The van der Waals surface area contributed by atoms with Gasteiger partial charge in [-0.05, 0) is 11.5 Å². The predicted octanol–water partition coefficient (Wildman–Crippen LogP) is 1.01. The molecule has 3 N–H and O–H groups in total. The number of hydrogen-bond donors (Lipinski definition) is 3. The molecule has 0 bridgehead atoms. The predicted molar refractivity (Wildman–Crippen MR) is 74.7 cm³/mol. The van der Waals surface area contributed by atoms with E-state index in [9.17, 15) is 14.4 Å². The number of amides is 2. The summed E-state index contributed by atoms with van der Waals surface area (Å²) in [6, 6.07) is 0.532. The number of carboxylic acids is 1. The Morgan fingerprint density at radius 2 is 2.00 bits per heavy atom. The monoisotopic (exact) mass is 296 g/mol. The van der Waals surface area contributed by atoms with Crippen LogP contribution < -0.4 is 10.6 Å². The molecule has 116 valence electrons. The minimum atomic E-state index is -1.08. The maximum atomic E-state index is 11.7. The molecule has 1 unspecified atom stereocenters. The van der Waals surface area contributed by atoms with Gasteiger partial charge in [-0.15, -0.1) is 0 Å². The summed E-state index contributed by atoms with van der Waals surface area (Å²) >= 11 is 0. The number of carboxylic acid groups (broad SMARTS) is 1. The summed E-state index contributed by atoms with van der Waals surface area (Å²) in [5.74, 6) is -1.86. The van der Waals surface area contributed by atoms with Crippen molar-refractivity contribution in [1.82, 2.24) is 10.6 Å². The van der Waals surface area contributed by atoms with Gasteiger partial charge in [-0.25, -0.2) is 4.79 Å². The molecule has 0 aliphatic heterocycles. The van der Waals surface area contributed by atoms with E-state index in [2.05, 4.69) is 10.6 Å². The quantitative estimate of drug-likeness (QED) is 0.726. The number of aliphatic carboxylic acids is 1. The molecule has 1 atom stereocenters. The molecule has 0 aromatic carbocycles. The number of carbonyl (C=O) groups excluding carboxylic acids is 2. The molecule has 7 nitrogen and oxygen atoms in total. The molecule has 1 heterocycles. The van der Waals surface area contributed by atoms with E-state index in [1.807, 2.05) is 0 Å². The molecular formula is C14H20N2O5. The van der Waals surface area contributed by atoms with Crippen LogP contribution in [0.1, 0.15) is 37.6 Å². The fourth-order valence-corrected chi connectivity index (χ4v) is 1.67. The summed E-state index contributed by atoms with van der Waals surface area (Å²) < 4.78 is 4.77. The van der Waals surface area contributed by atoms with Gasteiger partial charge in [-0.3, -0.25) is 9.59 Å². The Morgan fingerprint density at radius 3 is 2.48 bits per heavy atom. The van der Waals surface area contributed by atoms with E-state index in [0.717, 1.165) is 0 Å². The lowest BCUT2D eigenvalue weighted by atomic mass is 9.86. The van der Waals surface area contributed by atoms with Crippen molar-refractivity contribution in [2.75, 3.05) is 6.54 Å². The lowest BCUT2D eigenvalue weighted by Gasteiger charge is -2.27. The van der Waals surface area contributed by atoms with Crippen LogP contribution in [0.25, 0.3) is 0 Å². The number of hydrogen-bond acceptors (Lipinski definition) is 4. The topological polar surface area (TPSA) is 109 Å². The van der Waals surface area contributed by atoms with Gasteiger partial charge in [0.25, 0.3) is 5.91 Å². The van der Waals surface area contributed by atoms with Gasteiger partial charge in [-0.1, -0.05) is 20.8 Å². The second-order valence-corrected chi connectivity index (χ2v) is 5.72. The highest BCUT2D eigenvalue weighted by Gasteiger charge is 2.32. The minimum Gasteiger partial charge on any atom is -0.480 e. The van der Waals surface area contributed by atoms with E-state index in [0.29, 0.717) is 5.56 Å². The highest BCUT2D eigenvalue weighted by molar-refractivity contribution is 5.94. The molecule has 0 aliphatic carbocycles. The van der Waals surface area contributed by atoms with E-state index in [-0.39, 0.29) is 18.9 Å². The highest BCUT2D eigenvalue weighted by atomic mass is 16.4. The molecule has 0 saturated carbocycles. The van der Waals surface area contributed by atoms with Crippen molar-refractivity contribution in [2.45, 2.75) is 33.2 Å². The van der Waals surface area contributed by atoms with Gasteiger partial charge in [0, 0.05) is 13.0 Å². The maximum Gasteiger partial charge on any atom is 0.326 e. The normalized spacial score (nSPS) is 12.5. The summed E-state index contributed by atoms with van der Waals surface area (Å²) in [6.07, 6.45) is 2.68. The summed E-state index contributed by atoms with van der Waals surface area (Å²) in [4.78, 5) is 34.4. The largest absolute Gasteiger partial charge is 0.480 e. The van der Waals surface area contributed by atoms with Gasteiger partial charge in [0.05, 0.1) is 11.8 Å². The molecular weight excluding hydrogens is 276 g/mol. The highest BCUT2D eigenvalue weighted by Crippen LogP contribution is 2.19. The summed E-state index contributed by atoms with van der Waals surface area (Å²) in [6.45, 7) is 5.30. The Kier molecular flexibility index (Phi) is 5.52. The third kappa shape index (κ3) is 5.29. The first-order chi connectivity index (χ1) is 9.71. The standard InChI is InChI=1S/C14H20N2O5/c1-14(2,3)11(13(19)20)16-10(17)4-6-15-12(18)9-5-7-21-8-9/h5,7-8,11H,4,6H2,1-3H3,(H,15,18)(H,16,17)(H,19,20). The Morgan fingerprint density at radius 1 is 1.33 bits per heavy atom. The van der Waals surface area contributed by atoms with Crippen molar-refractivity contribution in [3.63, 3.8) is 0 Å². The van der Waals surface area contributed by atoms with E-state index in [4.69, 9.17) is 9.52 Å². The van der Waals surface area contributed by atoms with Crippen LogP contribution in [0, 0.1) is 5.41 Å². The van der Waals surface area contributed by atoms with Crippen LogP contribution >= 0.6 is 0 Å². The van der Waals surface area contributed by atoms with Crippen molar-refractivity contribution in [3.8, 4) is 0 Å². The molecule has 0 spiro atoms. The number of carbonyl (C=O) groups is 3. The van der Waals surface area contributed by atoms with Gasteiger partial charge in [0.1, 0.15) is 12.3 Å². The Hall–Kier alpha value is -2.31. The molecule has 2 amide bonds. The molecule has 0 aliphatic rings. The Labute approximate surface area is 122 Å². The average molecular weight is 296 g/mol. The average Bonchev–Trinajstić information content (AvgIpc) is 2.87. The van der Waals surface area contributed by atoms with Crippen LogP contribution in [-0.2, 0) is 9.59 Å². The first-order valence-electron chi connectivity index (χ1n) is 6.54. The fourth-order valence-electron chi connectivity index (χ4n) is 1.67. The second kappa shape index (κ2) is 6.92. The molecule has 0 fully saturated rings. The van der Waals surface area contributed by atoms with Crippen LogP contribution in [0.3, 0.4) is 0 Å². The number of rotatable bonds is 6. The molecule has 1 aromatic heterocycles. The lowest BCUT2D eigenvalue weighted by molar-refractivity contribution is -0.144. The zero-order chi connectivity index (χ0) is 16.0. The zero-order valence-corrected chi connectivity index (χ0v) is 12.3. The number of furan rings is 1. The van der Waals surface area contributed by atoms with E-state index >= 15 is 0 Å². The molecule has 21 heavy (non-hydrogen) atoms. The van der Waals surface area contributed by atoms with Crippen molar-refractivity contribution < 1.29 is 23.9 Å². The smallest absolute Gasteiger partial charge is 0.326 e. The van der Waals surface area contributed by atoms with E-state index < -0.39 is 23.3 Å². The lowest BCUT2D eigenvalue weighted by Crippen LogP contribution is -2.49. The van der Waals surface area contributed by atoms with Crippen molar-refractivity contribution in [2.24, 2.45) is 5.41 Å². The molecule has 1 rings (SSSR count). The fraction of sp³-hybridized carbons (Fsp3) is 0.500. The van der Waals surface area contributed by atoms with Crippen molar-refractivity contribution >= 4 is 17.8 Å². The van der Waals surface area contributed by atoms with Gasteiger partial charge in [0.15, 0.2) is 0 Å². The van der Waals surface area contributed by atoms with Gasteiger partial charge >= 0.3 is 5.97 Å². The first kappa shape index (κ1) is 16.7. The molecule has 7 heteroatoms. The third-order valence-corrected chi connectivity index (χ3v) is 2.84. The van der Waals surface area contributed by atoms with Gasteiger partial charge < -0.3 is 20.2 Å². The third-order valence-electron chi connectivity index (χ3n) is 2.84. The molecule has 1 aromatic rings. The summed E-state index contributed by atoms with van der Waals surface area (Å²) in [5, 5.41) is 14.1. The van der Waals surface area contributed by atoms with E-state index in [1.165, 1.54) is 18.6 Å². The van der Waals surface area contributed by atoms with Crippen LogP contribution in [0.15, 0.2) is 23.0 Å². The second-order valence-electron chi connectivity index (χ2n) is 5.72. The number of nitrogens with one attached hydrogen (secondary N) is 2. The maximum absolute atomic E-state index is 11.7. The van der Waals surface area contributed by atoms with Crippen molar-refractivity contribution in [1.29, 1.82) is 0 Å². The minimum absolute atomic E-state index is 0.00342. The molecule has 0 radical (unpaired) electrons. The summed E-state index contributed by atoms with van der Waals surface area (Å²) in [7, 11) is 0. The van der Waals surface area contributed by atoms with Crippen LogP contribution in [0.4, 0.5) is 0 Å². The zero-order valence-electron chi connectivity index (χ0n) is 12.3. The summed E-state index contributed by atoms with van der Waals surface area (Å²) in [5.41, 5.74) is -0.227. The van der Waals surface area contributed by atoms with Crippen LogP contribution in [-0.4, -0.2) is 35.5 Å². The first-order valence-corrected chi connectivity index (χ1v) is 6.54. The van der Waals surface area contributed by atoms with Crippen molar-refractivity contribution in [3.05, 3.63) is 24.2 Å². The van der Waals surface area contributed by atoms with E-state index in [1.54, 1.807) is 20.8 Å². The Balaban J connectivity index is 2.40. The van der Waals surface area contributed by atoms with Crippen LogP contribution in [0.2, 0.25) is 0 Å². The Bertz CT molecular complexity index is 502. The van der Waals surface area contributed by atoms with Gasteiger partial charge in [0.2, 0.25) is 5.91 Å². The van der Waals surface area contributed by atoms with Crippen LogP contribution in [0.5, 0.6) is 0 Å². The SMILES string of the molecule is CC(C)(C)C(NC(=O)CCNC(=O)c1ccoc1)C(=O)O. The van der Waals surface area contributed by atoms with Gasteiger partial charge in [-0.2, -0.15) is 0 Å².